The largest absolute Gasteiger partial charge is 0.355 e. The summed E-state index contributed by atoms with van der Waals surface area (Å²) in [5.74, 6) is 0.117. The van der Waals surface area contributed by atoms with E-state index in [1.54, 1.807) is 0 Å². The van der Waals surface area contributed by atoms with Gasteiger partial charge in [0.1, 0.15) is 0 Å². The van der Waals surface area contributed by atoms with E-state index in [9.17, 15) is 4.79 Å². The number of hydrogen-bond acceptors (Lipinski definition) is 1. The van der Waals surface area contributed by atoms with E-state index in [1.165, 1.54) is 30.4 Å². The van der Waals surface area contributed by atoms with Crippen molar-refractivity contribution in [2.75, 3.05) is 6.54 Å². The lowest BCUT2D eigenvalue weighted by Crippen LogP contribution is -2.45. The van der Waals surface area contributed by atoms with Crippen molar-refractivity contribution in [2.45, 2.75) is 38.0 Å². The van der Waals surface area contributed by atoms with Crippen molar-refractivity contribution in [1.29, 1.82) is 0 Å². The van der Waals surface area contributed by atoms with Gasteiger partial charge in [0.25, 0.3) is 0 Å². The number of nitrogens with one attached hydrogen (secondary N) is 1. The first-order chi connectivity index (χ1) is 10.7. The maximum atomic E-state index is 12.2. The van der Waals surface area contributed by atoms with Crippen molar-refractivity contribution in [3.63, 3.8) is 0 Å². The Labute approximate surface area is 132 Å². The van der Waals surface area contributed by atoms with E-state index in [4.69, 9.17) is 0 Å². The van der Waals surface area contributed by atoms with Gasteiger partial charge >= 0.3 is 0 Å². The van der Waals surface area contributed by atoms with Gasteiger partial charge in [0.2, 0.25) is 5.91 Å². The number of amides is 1. The second-order valence-electron chi connectivity index (χ2n) is 6.44. The molecule has 1 fully saturated rings. The predicted molar refractivity (Wildman–Crippen MR) is 89.9 cm³/mol. The van der Waals surface area contributed by atoms with Gasteiger partial charge in [-0.1, -0.05) is 66.6 Å². The normalized spacial score (nSPS) is 15.9. The van der Waals surface area contributed by atoms with Crippen molar-refractivity contribution in [3.8, 4) is 0 Å². The van der Waals surface area contributed by atoms with Gasteiger partial charge in [0, 0.05) is 12.0 Å². The van der Waals surface area contributed by atoms with Crippen LogP contribution in [0.25, 0.3) is 0 Å². The molecule has 2 aromatic carbocycles. The van der Waals surface area contributed by atoms with E-state index in [1.807, 2.05) is 18.2 Å². The molecule has 0 atom stereocenters. The van der Waals surface area contributed by atoms with Gasteiger partial charge in [-0.05, 0) is 30.9 Å². The molecule has 0 aromatic heterocycles. The van der Waals surface area contributed by atoms with Crippen LogP contribution in [0.1, 0.15) is 36.0 Å². The Morgan fingerprint density at radius 2 is 1.73 bits per heavy atom. The minimum atomic E-state index is 0.117. The summed E-state index contributed by atoms with van der Waals surface area (Å²) in [5, 5.41) is 3.15. The average Bonchev–Trinajstić information content (AvgIpc) is 2.50. The van der Waals surface area contributed by atoms with Gasteiger partial charge in [-0.15, -0.1) is 0 Å². The zero-order valence-corrected chi connectivity index (χ0v) is 13.1. The van der Waals surface area contributed by atoms with Crippen molar-refractivity contribution in [2.24, 2.45) is 0 Å². The van der Waals surface area contributed by atoms with E-state index < -0.39 is 0 Å². The second kappa shape index (κ2) is 6.35. The monoisotopic (exact) mass is 293 g/mol. The minimum Gasteiger partial charge on any atom is -0.355 e. The van der Waals surface area contributed by atoms with Crippen molar-refractivity contribution < 1.29 is 4.79 Å². The number of aryl methyl sites for hydroxylation is 1. The lowest BCUT2D eigenvalue weighted by molar-refractivity contribution is -0.120. The average molecular weight is 293 g/mol. The molecule has 1 aliphatic rings. The summed E-state index contributed by atoms with van der Waals surface area (Å²) in [6.07, 6.45) is 4.05. The number of benzene rings is 2. The van der Waals surface area contributed by atoms with Gasteiger partial charge in [-0.25, -0.2) is 0 Å². The Morgan fingerprint density at radius 3 is 2.32 bits per heavy atom. The maximum absolute atomic E-state index is 12.2. The van der Waals surface area contributed by atoms with Crippen LogP contribution in [0.4, 0.5) is 0 Å². The predicted octanol–water partition coefficient (Wildman–Crippen LogP) is 3.78. The summed E-state index contributed by atoms with van der Waals surface area (Å²) in [7, 11) is 0. The summed E-state index contributed by atoms with van der Waals surface area (Å²) in [6, 6.07) is 18.8. The van der Waals surface area contributed by atoms with Crippen molar-refractivity contribution in [3.05, 3.63) is 71.3 Å². The summed E-state index contributed by atoms with van der Waals surface area (Å²) < 4.78 is 0. The Kier molecular flexibility index (Phi) is 4.28. The Hall–Kier alpha value is -2.09. The molecule has 0 bridgehead atoms. The molecule has 0 saturated heterocycles. The fourth-order valence-corrected chi connectivity index (χ4v) is 3.18. The molecule has 2 nitrogen and oxygen atoms in total. The lowest BCUT2D eigenvalue weighted by atomic mass is 9.64. The van der Waals surface area contributed by atoms with E-state index in [2.05, 4.69) is 48.6 Å². The molecule has 0 spiro atoms. The van der Waals surface area contributed by atoms with E-state index in [0.29, 0.717) is 6.42 Å². The molecule has 0 radical (unpaired) electrons. The second-order valence-corrected chi connectivity index (χ2v) is 6.44. The summed E-state index contributed by atoms with van der Waals surface area (Å²) in [5.41, 5.74) is 3.81. The molecule has 3 rings (SSSR count). The molecule has 0 aliphatic heterocycles. The van der Waals surface area contributed by atoms with Crippen LogP contribution in [0.3, 0.4) is 0 Å². The van der Waals surface area contributed by atoms with E-state index in [-0.39, 0.29) is 11.3 Å². The van der Waals surface area contributed by atoms with Crippen LogP contribution in [-0.2, 0) is 16.6 Å². The molecular weight excluding hydrogens is 270 g/mol. The lowest BCUT2D eigenvalue weighted by Gasteiger charge is -2.42. The number of carbonyl (C=O) groups is 1. The molecule has 2 aromatic rings. The molecule has 1 amide bonds. The van der Waals surface area contributed by atoms with Crippen molar-refractivity contribution >= 4 is 5.91 Å². The van der Waals surface area contributed by atoms with Gasteiger partial charge in [0.15, 0.2) is 0 Å². The summed E-state index contributed by atoms with van der Waals surface area (Å²) in [6.45, 7) is 2.81. The van der Waals surface area contributed by atoms with Crippen LogP contribution in [-0.4, -0.2) is 12.5 Å². The Morgan fingerprint density at radius 1 is 1.05 bits per heavy atom. The highest BCUT2D eigenvalue weighted by Crippen LogP contribution is 2.43. The van der Waals surface area contributed by atoms with Crippen LogP contribution in [0.5, 0.6) is 0 Å². The molecule has 1 N–H and O–H groups in total. The SMILES string of the molecule is Cc1ccc(CC(=O)NCC2(c3ccccc3)CCC2)cc1. The first-order valence-electron chi connectivity index (χ1n) is 8.06. The highest BCUT2D eigenvalue weighted by molar-refractivity contribution is 5.78. The molecule has 2 heteroatoms. The Bertz CT molecular complexity index is 627. The van der Waals surface area contributed by atoms with Gasteiger partial charge in [-0.2, -0.15) is 0 Å². The topological polar surface area (TPSA) is 29.1 Å². The van der Waals surface area contributed by atoms with Crippen LogP contribution in [0.15, 0.2) is 54.6 Å². The quantitative estimate of drug-likeness (QED) is 0.893. The third-order valence-electron chi connectivity index (χ3n) is 4.81. The number of rotatable bonds is 5. The Balaban J connectivity index is 1.59. The molecule has 1 aliphatic carbocycles. The van der Waals surface area contributed by atoms with E-state index in [0.717, 1.165) is 12.1 Å². The highest BCUT2D eigenvalue weighted by Gasteiger charge is 2.38. The van der Waals surface area contributed by atoms with Crippen molar-refractivity contribution in [1.82, 2.24) is 5.32 Å². The highest BCUT2D eigenvalue weighted by atomic mass is 16.1. The van der Waals surface area contributed by atoms with Gasteiger partial charge in [-0.3, -0.25) is 4.79 Å². The zero-order chi connectivity index (χ0) is 15.4. The fourth-order valence-electron chi connectivity index (χ4n) is 3.18. The number of hydrogen-bond donors (Lipinski definition) is 1. The zero-order valence-electron chi connectivity index (χ0n) is 13.1. The van der Waals surface area contributed by atoms with Crippen LogP contribution in [0.2, 0.25) is 0 Å². The van der Waals surface area contributed by atoms with Gasteiger partial charge in [0.05, 0.1) is 6.42 Å². The standard InChI is InChI=1S/C20H23NO/c1-16-8-10-17(11-9-16)14-19(22)21-15-20(12-5-13-20)18-6-3-2-4-7-18/h2-4,6-11H,5,12-15H2,1H3,(H,21,22). The maximum Gasteiger partial charge on any atom is 0.224 e. The minimum absolute atomic E-state index is 0.117. The first kappa shape index (κ1) is 14.8. The van der Waals surface area contributed by atoms with Gasteiger partial charge < -0.3 is 5.32 Å². The van der Waals surface area contributed by atoms with Crippen LogP contribution in [0, 0.1) is 6.92 Å². The summed E-state index contributed by atoms with van der Waals surface area (Å²) in [4.78, 5) is 12.2. The van der Waals surface area contributed by atoms with Crippen LogP contribution >= 0.6 is 0 Å². The fraction of sp³-hybridized carbons (Fsp3) is 0.350. The molecular formula is C20H23NO. The molecule has 22 heavy (non-hydrogen) atoms. The molecule has 0 heterocycles. The summed E-state index contributed by atoms with van der Waals surface area (Å²) >= 11 is 0. The third-order valence-corrected chi connectivity index (χ3v) is 4.81. The molecule has 114 valence electrons. The third kappa shape index (κ3) is 3.22. The molecule has 0 unspecified atom stereocenters. The molecule has 1 saturated carbocycles. The smallest absolute Gasteiger partial charge is 0.224 e. The first-order valence-corrected chi connectivity index (χ1v) is 8.06. The van der Waals surface area contributed by atoms with E-state index >= 15 is 0 Å². The van der Waals surface area contributed by atoms with Crippen LogP contribution < -0.4 is 5.32 Å². The number of carbonyl (C=O) groups excluding carboxylic acids is 1.